The number of hydrogen-bond acceptors (Lipinski definition) is 5. The molecular weight excluding hydrogens is 454 g/mol. The number of halogens is 1. The standard InChI is InChI=1S/C26H30ClN3O4/c1-17(2)24(31)28-20-11-8-10-18(13-20)23-14-21(16-34-26(3,4)25(32)33-5)29-30(23)15-19-9-6-7-12-22(19)27/h6-14,17H,15-16H2,1-5H3,(H,28,31). The van der Waals surface area contributed by atoms with Crippen molar-refractivity contribution in [3.8, 4) is 11.3 Å². The van der Waals surface area contributed by atoms with E-state index in [1.54, 1.807) is 13.8 Å². The monoisotopic (exact) mass is 483 g/mol. The maximum absolute atomic E-state index is 12.2. The highest BCUT2D eigenvalue weighted by atomic mass is 35.5. The number of anilines is 1. The average molecular weight is 484 g/mol. The van der Waals surface area contributed by atoms with Gasteiger partial charge in [0, 0.05) is 22.2 Å². The van der Waals surface area contributed by atoms with Crippen molar-refractivity contribution in [2.24, 2.45) is 5.92 Å². The number of esters is 1. The second-order valence-electron chi connectivity index (χ2n) is 8.79. The molecule has 1 aromatic heterocycles. The van der Waals surface area contributed by atoms with E-state index in [4.69, 9.17) is 26.2 Å². The zero-order chi connectivity index (χ0) is 24.9. The van der Waals surface area contributed by atoms with Gasteiger partial charge < -0.3 is 14.8 Å². The van der Waals surface area contributed by atoms with E-state index in [-0.39, 0.29) is 18.4 Å². The van der Waals surface area contributed by atoms with E-state index < -0.39 is 11.6 Å². The molecule has 0 aliphatic heterocycles. The Balaban J connectivity index is 1.95. The summed E-state index contributed by atoms with van der Waals surface area (Å²) in [6, 6.07) is 17.1. The smallest absolute Gasteiger partial charge is 0.337 e. The fraction of sp³-hybridized carbons (Fsp3) is 0.346. The molecule has 1 heterocycles. The third-order valence-corrected chi connectivity index (χ3v) is 5.69. The summed E-state index contributed by atoms with van der Waals surface area (Å²) in [4.78, 5) is 24.1. The predicted octanol–water partition coefficient (Wildman–Crippen LogP) is 5.31. The lowest BCUT2D eigenvalue weighted by molar-refractivity contribution is -0.166. The van der Waals surface area contributed by atoms with Crippen LogP contribution < -0.4 is 5.32 Å². The van der Waals surface area contributed by atoms with Gasteiger partial charge in [0.05, 0.1) is 31.6 Å². The third-order valence-electron chi connectivity index (χ3n) is 5.32. The van der Waals surface area contributed by atoms with E-state index in [9.17, 15) is 9.59 Å². The highest BCUT2D eigenvalue weighted by Gasteiger charge is 2.30. The van der Waals surface area contributed by atoms with Gasteiger partial charge in [-0.2, -0.15) is 5.10 Å². The van der Waals surface area contributed by atoms with Gasteiger partial charge in [-0.3, -0.25) is 9.48 Å². The van der Waals surface area contributed by atoms with Crippen LogP contribution in [0.4, 0.5) is 5.69 Å². The van der Waals surface area contributed by atoms with Crippen molar-refractivity contribution in [2.45, 2.75) is 46.4 Å². The molecule has 180 valence electrons. The number of hydrogen-bond donors (Lipinski definition) is 1. The summed E-state index contributed by atoms with van der Waals surface area (Å²) >= 11 is 6.40. The van der Waals surface area contributed by atoms with Crippen LogP contribution in [0.1, 0.15) is 39.0 Å². The van der Waals surface area contributed by atoms with Gasteiger partial charge in [0.25, 0.3) is 0 Å². The first kappa shape index (κ1) is 25.5. The number of ether oxygens (including phenoxy) is 2. The lowest BCUT2D eigenvalue weighted by Crippen LogP contribution is -2.35. The van der Waals surface area contributed by atoms with E-state index in [2.05, 4.69) is 5.32 Å². The minimum atomic E-state index is -1.11. The van der Waals surface area contributed by atoms with Crippen LogP contribution in [0, 0.1) is 5.92 Å². The molecule has 8 heteroatoms. The van der Waals surface area contributed by atoms with Crippen molar-refractivity contribution in [1.82, 2.24) is 9.78 Å². The summed E-state index contributed by atoms with van der Waals surface area (Å²) in [7, 11) is 1.33. The molecular formula is C26H30ClN3O4. The van der Waals surface area contributed by atoms with Crippen molar-refractivity contribution in [1.29, 1.82) is 0 Å². The minimum absolute atomic E-state index is 0.0548. The topological polar surface area (TPSA) is 82.5 Å². The molecule has 0 fully saturated rings. The second kappa shape index (κ2) is 10.8. The first-order valence-corrected chi connectivity index (χ1v) is 11.4. The summed E-state index contributed by atoms with van der Waals surface area (Å²) < 4.78 is 12.5. The van der Waals surface area contributed by atoms with Crippen LogP contribution >= 0.6 is 11.6 Å². The molecule has 0 radical (unpaired) electrons. The first-order chi connectivity index (χ1) is 16.1. The quantitative estimate of drug-likeness (QED) is 0.417. The van der Waals surface area contributed by atoms with Gasteiger partial charge in [-0.25, -0.2) is 4.79 Å². The van der Waals surface area contributed by atoms with Gasteiger partial charge in [0.1, 0.15) is 0 Å². The Hall–Kier alpha value is -3.16. The Morgan fingerprint density at radius 2 is 1.85 bits per heavy atom. The zero-order valence-corrected chi connectivity index (χ0v) is 20.8. The molecule has 7 nitrogen and oxygen atoms in total. The van der Waals surface area contributed by atoms with Crippen LogP contribution in [0.3, 0.4) is 0 Å². The Labute approximate surface area is 205 Å². The van der Waals surface area contributed by atoms with Crippen LogP contribution in [-0.2, 0) is 32.2 Å². The Morgan fingerprint density at radius 1 is 1.12 bits per heavy atom. The number of carbonyl (C=O) groups excluding carboxylic acids is 2. The molecule has 0 bridgehead atoms. The summed E-state index contributed by atoms with van der Waals surface area (Å²) in [5, 5.41) is 8.30. The summed E-state index contributed by atoms with van der Waals surface area (Å²) in [5.74, 6) is -0.644. The number of nitrogens with one attached hydrogen (secondary N) is 1. The van der Waals surface area contributed by atoms with Gasteiger partial charge in [-0.1, -0.05) is 55.8 Å². The normalized spacial score (nSPS) is 11.5. The maximum atomic E-state index is 12.2. The molecule has 3 rings (SSSR count). The number of carbonyl (C=O) groups is 2. The van der Waals surface area contributed by atoms with Crippen molar-refractivity contribution in [2.75, 3.05) is 12.4 Å². The third kappa shape index (κ3) is 6.24. The number of aromatic nitrogens is 2. The van der Waals surface area contributed by atoms with Gasteiger partial charge >= 0.3 is 5.97 Å². The van der Waals surface area contributed by atoms with Crippen LogP contribution in [0.25, 0.3) is 11.3 Å². The van der Waals surface area contributed by atoms with E-state index in [0.29, 0.717) is 22.9 Å². The Bertz CT molecular complexity index is 1170. The molecule has 0 spiro atoms. The van der Waals surface area contributed by atoms with Crippen LogP contribution in [0.2, 0.25) is 5.02 Å². The van der Waals surface area contributed by atoms with Gasteiger partial charge in [-0.15, -0.1) is 0 Å². The molecule has 0 aliphatic rings. The fourth-order valence-electron chi connectivity index (χ4n) is 3.28. The van der Waals surface area contributed by atoms with Crippen LogP contribution in [0.15, 0.2) is 54.6 Å². The van der Waals surface area contributed by atoms with Crippen molar-refractivity contribution in [3.05, 3.63) is 70.9 Å². The van der Waals surface area contributed by atoms with Crippen molar-refractivity contribution < 1.29 is 19.1 Å². The largest absolute Gasteiger partial charge is 0.467 e. The summed E-state index contributed by atoms with van der Waals surface area (Å²) in [5.41, 5.74) is 2.86. The molecule has 3 aromatic rings. The molecule has 0 saturated carbocycles. The lowest BCUT2D eigenvalue weighted by Gasteiger charge is -2.21. The highest BCUT2D eigenvalue weighted by Crippen LogP contribution is 2.27. The van der Waals surface area contributed by atoms with E-state index in [1.807, 2.05) is 73.1 Å². The number of nitrogens with zero attached hydrogens (tertiary/aromatic N) is 2. The van der Waals surface area contributed by atoms with Crippen LogP contribution in [-0.4, -0.2) is 34.4 Å². The maximum Gasteiger partial charge on any atom is 0.337 e. The fourth-order valence-corrected chi connectivity index (χ4v) is 3.48. The molecule has 1 N–H and O–H groups in total. The molecule has 0 atom stereocenters. The first-order valence-electron chi connectivity index (χ1n) is 11.0. The molecule has 0 saturated heterocycles. The number of methoxy groups -OCH3 is 1. The van der Waals surface area contributed by atoms with E-state index in [1.165, 1.54) is 7.11 Å². The van der Waals surface area contributed by atoms with Gasteiger partial charge in [0.2, 0.25) is 5.91 Å². The number of benzene rings is 2. The molecule has 2 aromatic carbocycles. The number of rotatable bonds is 9. The van der Waals surface area contributed by atoms with Crippen molar-refractivity contribution in [3.63, 3.8) is 0 Å². The lowest BCUT2D eigenvalue weighted by atomic mass is 10.1. The second-order valence-corrected chi connectivity index (χ2v) is 9.19. The Morgan fingerprint density at radius 3 is 2.53 bits per heavy atom. The Kier molecular flexibility index (Phi) is 8.12. The highest BCUT2D eigenvalue weighted by molar-refractivity contribution is 6.31. The van der Waals surface area contributed by atoms with E-state index in [0.717, 1.165) is 16.8 Å². The van der Waals surface area contributed by atoms with E-state index >= 15 is 0 Å². The minimum Gasteiger partial charge on any atom is -0.467 e. The molecule has 34 heavy (non-hydrogen) atoms. The molecule has 1 amide bonds. The van der Waals surface area contributed by atoms with Gasteiger partial charge in [0.15, 0.2) is 5.60 Å². The molecule has 0 unspecified atom stereocenters. The molecule has 0 aliphatic carbocycles. The number of amides is 1. The average Bonchev–Trinajstić information content (AvgIpc) is 3.21. The predicted molar refractivity (Wildman–Crippen MR) is 133 cm³/mol. The van der Waals surface area contributed by atoms with Gasteiger partial charge in [-0.05, 0) is 43.7 Å². The van der Waals surface area contributed by atoms with Crippen LogP contribution in [0.5, 0.6) is 0 Å². The zero-order valence-electron chi connectivity index (χ0n) is 20.1. The SMILES string of the molecule is COC(=O)C(C)(C)OCc1cc(-c2cccc(NC(=O)C(C)C)c2)n(Cc2ccccc2Cl)n1. The summed E-state index contributed by atoms with van der Waals surface area (Å²) in [6.07, 6.45) is 0. The summed E-state index contributed by atoms with van der Waals surface area (Å²) in [6.45, 7) is 7.56. The van der Waals surface area contributed by atoms with Crippen molar-refractivity contribution >= 4 is 29.2 Å².